The molecule has 1 aromatic carbocycles. The standard InChI is InChI=1S/C11H11NO2S/c13-10(12-6-7-15-11(12)14)8-9-4-2-1-3-5-9/h1-5H,6-8H2. The van der Waals surface area contributed by atoms with Crippen LogP contribution in [-0.4, -0.2) is 28.3 Å². The lowest BCUT2D eigenvalue weighted by molar-refractivity contribution is -0.126. The molecular weight excluding hydrogens is 210 g/mol. The highest BCUT2D eigenvalue weighted by molar-refractivity contribution is 8.13. The molecule has 78 valence electrons. The molecular formula is C11H11NO2S. The van der Waals surface area contributed by atoms with Crippen molar-refractivity contribution in [3.8, 4) is 0 Å². The summed E-state index contributed by atoms with van der Waals surface area (Å²) in [4.78, 5) is 24.3. The third-order valence-electron chi connectivity index (χ3n) is 2.26. The maximum atomic E-state index is 11.7. The molecule has 2 amide bonds. The van der Waals surface area contributed by atoms with Crippen molar-refractivity contribution in [1.82, 2.24) is 4.90 Å². The molecule has 1 aromatic rings. The van der Waals surface area contributed by atoms with Crippen molar-refractivity contribution in [2.75, 3.05) is 12.3 Å². The van der Waals surface area contributed by atoms with Crippen molar-refractivity contribution < 1.29 is 9.59 Å². The van der Waals surface area contributed by atoms with Crippen molar-refractivity contribution in [3.63, 3.8) is 0 Å². The van der Waals surface area contributed by atoms with Gasteiger partial charge in [0, 0.05) is 12.3 Å². The highest BCUT2D eigenvalue weighted by atomic mass is 32.2. The van der Waals surface area contributed by atoms with Gasteiger partial charge in [0.1, 0.15) is 0 Å². The predicted octanol–water partition coefficient (Wildman–Crippen LogP) is 1.92. The summed E-state index contributed by atoms with van der Waals surface area (Å²) >= 11 is 1.21. The lowest BCUT2D eigenvalue weighted by Gasteiger charge is -2.11. The van der Waals surface area contributed by atoms with Gasteiger partial charge in [-0.1, -0.05) is 42.1 Å². The van der Waals surface area contributed by atoms with Crippen molar-refractivity contribution in [2.45, 2.75) is 6.42 Å². The van der Waals surface area contributed by atoms with E-state index in [0.717, 1.165) is 11.3 Å². The van der Waals surface area contributed by atoms with Gasteiger partial charge < -0.3 is 0 Å². The third-order valence-corrected chi connectivity index (χ3v) is 3.11. The molecule has 0 atom stereocenters. The van der Waals surface area contributed by atoms with Gasteiger partial charge in [-0.3, -0.25) is 14.5 Å². The van der Waals surface area contributed by atoms with Gasteiger partial charge >= 0.3 is 0 Å². The van der Waals surface area contributed by atoms with Crippen LogP contribution in [0.15, 0.2) is 30.3 Å². The van der Waals surface area contributed by atoms with Gasteiger partial charge in [0.2, 0.25) is 5.91 Å². The zero-order valence-corrected chi connectivity index (χ0v) is 9.00. The number of hydrogen-bond acceptors (Lipinski definition) is 3. The summed E-state index contributed by atoms with van der Waals surface area (Å²) in [5.41, 5.74) is 0.951. The molecule has 0 spiro atoms. The highest BCUT2D eigenvalue weighted by Crippen LogP contribution is 2.18. The summed E-state index contributed by atoms with van der Waals surface area (Å²) in [6, 6.07) is 9.48. The number of thioether (sulfide) groups is 1. The molecule has 0 N–H and O–H groups in total. The molecule has 1 saturated heterocycles. The first-order chi connectivity index (χ1) is 7.27. The second-order valence-electron chi connectivity index (χ2n) is 3.32. The van der Waals surface area contributed by atoms with Crippen molar-refractivity contribution in [2.24, 2.45) is 0 Å². The van der Waals surface area contributed by atoms with Gasteiger partial charge in [0.25, 0.3) is 5.24 Å². The minimum absolute atomic E-state index is 0.101. The molecule has 1 aliphatic heterocycles. The molecule has 1 heterocycles. The van der Waals surface area contributed by atoms with Crippen LogP contribution in [0.3, 0.4) is 0 Å². The first-order valence-electron chi connectivity index (χ1n) is 4.78. The smallest absolute Gasteiger partial charge is 0.274 e. The van der Waals surface area contributed by atoms with Crippen LogP contribution in [0.2, 0.25) is 0 Å². The van der Waals surface area contributed by atoms with Crippen LogP contribution in [0.25, 0.3) is 0 Å². The van der Waals surface area contributed by atoms with Gasteiger partial charge in [-0.25, -0.2) is 0 Å². The van der Waals surface area contributed by atoms with Gasteiger partial charge in [0.05, 0.1) is 6.42 Å². The van der Waals surface area contributed by atoms with Crippen LogP contribution in [0.5, 0.6) is 0 Å². The van der Waals surface area contributed by atoms with Crippen LogP contribution >= 0.6 is 11.8 Å². The van der Waals surface area contributed by atoms with Gasteiger partial charge in [-0.15, -0.1) is 0 Å². The fraction of sp³-hybridized carbons (Fsp3) is 0.273. The van der Waals surface area contributed by atoms with Crippen LogP contribution in [0.1, 0.15) is 5.56 Å². The van der Waals surface area contributed by atoms with E-state index in [9.17, 15) is 9.59 Å². The minimum atomic E-state index is -0.115. The van der Waals surface area contributed by atoms with E-state index in [4.69, 9.17) is 0 Å². The molecule has 3 nitrogen and oxygen atoms in total. The average Bonchev–Trinajstić information content (AvgIpc) is 2.66. The van der Waals surface area contributed by atoms with Gasteiger partial charge in [-0.05, 0) is 5.56 Å². The molecule has 0 bridgehead atoms. The second-order valence-corrected chi connectivity index (χ2v) is 4.37. The molecule has 0 radical (unpaired) electrons. The summed E-state index contributed by atoms with van der Waals surface area (Å²) < 4.78 is 0. The van der Waals surface area contributed by atoms with E-state index in [1.165, 1.54) is 16.7 Å². The highest BCUT2D eigenvalue weighted by Gasteiger charge is 2.26. The van der Waals surface area contributed by atoms with Crippen molar-refractivity contribution in [1.29, 1.82) is 0 Å². The van der Waals surface area contributed by atoms with E-state index in [-0.39, 0.29) is 11.1 Å². The summed E-state index contributed by atoms with van der Waals surface area (Å²) in [5, 5.41) is -0.115. The average molecular weight is 221 g/mol. The Hall–Kier alpha value is -1.29. The fourth-order valence-electron chi connectivity index (χ4n) is 1.49. The van der Waals surface area contributed by atoms with E-state index in [2.05, 4.69) is 0 Å². The predicted molar refractivity (Wildman–Crippen MR) is 59.7 cm³/mol. The maximum Gasteiger partial charge on any atom is 0.288 e. The Bertz CT molecular complexity index is 377. The number of hydrogen-bond donors (Lipinski definition) is 0. The van der Waals surface area contributed by atoms with Crippen molar-refractivity contribution >= 4 is 22.9 Å². The van der Waals surface area contributed by atoms with E-state index in [1.807, 2.05) is 30.3 Å². The number of rotatable bonds is 2. The lowest BCUT2D eigenvalue weighted by Crippen LogP contribution is -2.32. The summed E-state index contributed by atoms with van der Waals surface area (Å²) in [6.45, 7) is 0.551. The van der Waals surface area contributed by atoms with Gasteiger partial charge in [-0.2, -0.15) is 0 Å². The lowest BCUT2D eigenvalue weighted by atomic mass is 10.1. The normalized spacial score (nSPS) is 15.7. The van der Waals surface area contributed by atoms with Gasteiger partial charge in [0.15, 0.2) is 0 Å². The summed E-state index contributed by atoms with van der Waals surface area (Å²) in [5.74, 6) is 0.621. The Morgan fingerprint density at radius 1 is 1.33 bits per heavy atom. The van der Waals surface area contributed by atoms with Crippen LogP contribution in [0, 0.1) is 0 Å². The topological polar surface area (TPSA) is 37.4 Å². The molecule has 1 fully saturated rings. The van der Waals surface area contributed by atoms with E-state index in [0.29, 0.717) is 13.0 Å². The zero-order chi connectivity index (χ0) is 10.7. The summed E-state index contributed by atoms with van der Waals surface area (Å²) in [6.07, 6.45) is 0.313. The van der Waals surface area contributed by atoms with E-state index < -0.39 is 0 Å². The molecule has 4 heteroatoms. The maximum absolute atomic E-state index is 11.7. The molecule has 0 aliphatic carbocycles. The van der Waals surface area contributed by atoms with E-state index >= 15 is 0 Å². The molecule has 2 rings (SSSR count). The Labute approximate surface area is 92.5 Å². The van der Waals surface area contributed by atoms with Crippen molar-refractivity contribution in [3.05, 3.63) is 35.9 Å². The first-order valence-corrected chi connectivity index (χ1v) is 5.77. The number of amides is 2. The number of carbonyl (C=O) groups excluding carboxylic acids is 2. The molecule has 0 aromatic heterocycles. The molecule has 1 aliphatic rings. The molecule has 15 heavy (non-hydrogen) atoms. The number of carbonyl (C=O) groups is 2. The molecule has 0 unspecified atom stereocenters. The zero-order valence-electron chi connectivity index (χ0n) is 8.18. The number of benzene rings is 1. The molecule has 0 saturated carbocycles. The monoisotopic (exact) mass is 221 g/mol. The number of nitrogens with zero attached hydrogens (tertiary/aromatic N) is 1. The van der Waals surface area contributed by atoms with Crippen LogP contribution in [0.4, 0.5) is 4.79 Å². The largest absolute Gasteiger partial charge is 0.288 e. The Morgan fingerprint density at radius 2 is 2.07 bits per heavy atom. The Morgan fingerprint density at radius 3 is 2.67 bits per heavy atom. The summed E-state index contributed by atoms with van der Waals surface area (Å²) in [7, 11) is 0. The second kappa shape index (κ2) is 4.49. The number of imide groups is 1. The van der Waals surface area contributed by atoms with Crippen LogP contribution in [-0.2, 0) is 11.2 Å². The fourth-order valence-corrected chi connectivity index (χ4v) is 2.28. The van der Waals surface area contributed by atoms with Crippen LogP contribution < -0.4 is 0 Å². The third kappa shape index (κ3) is 2.39. The van der Waals surface area contributed by atoms with E-state index in [1.54, 1.807) is 0 Å². The Balaban J connectivity index is 2.01. The Kier molecular flexibility index (Phi) is 3.06. The minimum Gasteiger partial charge on any atom is -0.274 e. The SMILES string of the molecule is O=C(Cc1ccccc1)N1CCSC1=O. The first kappa shape index (κ1) is 10.2. The quantitative estimate of drug-likeness (QED) is 0.765.